The molecule has 0 saturated heterocycles. The van der Waals surface area contributed by atoms with Crippen LogP contribution in [0.3, 0.4) is 0 Å². The van der Waals surface area contributed by atoms with E-state index in [0.717, 1.165) is 12.0 Å². The zero-order valence-electron chi connectivity index (χ0n) is 12.2. The topological polar surface area (TPSA) is 0 Å². The highest BCUT2D eigenvalue weighted by Gasteiger charge is 1.94. The van der Waals surface area contributed by atoms with E-state index in [1.165, 1.54) is 16.7 Å². The summed E-state index contributed by atoms with van der Waals surface area (Å²) >= 11 is 0. The minimum absolute atomic E-state index is 0.912. The second-order valence-electron chi connectivity index (χ2n) is 4.73. The van der Waals surface area contributed by atoms with E-state index in [1.807, 2.05) is 30.4 Å². The first-order chi connectivity index (χ1) is 10.3. The van der Waals surface area contributed by atoms with Gasteiger partial charge in [0.15, 0.2) is 0 Å². The molecule has 0 heteroatoms. The van der Waals surface area contributed by atoms with Crippen LogP contribution in [0.1, 0.15) is 22.3 Å². The van der Waals surface area contributed by atoms with E-state index < -0.39 is 0 Å². The number of hydrogen-bond donors (Lipinski definition) is 0. The van der Waals surface area contributed by atoms with Gasteiger partial charge < -0.3 is 0 Å². The molecular weight excluding hydrogens is 252 g/mol. The van der Waals surface area contributed by atoms with Gasteiger partial charge in [0.05, 0.1) is 0 Å². The molecule has 0 spiro atoms. The highest BCUT2D eigenvalue weighted by Crippen LogP contribution is 2.13. The third-order valence-electron chi connectivity index (χ3n) is 3.35. The number of rotatable bonds is 6. The third-order valence-corrected chi connectivity index (χ3v) is 3.35. The van der Waals surface area contributed by atoms with Gasteiger partial charge in [-0.15, -0.1) is 0 Å². The Morgan fingerprint density at radius 2 is 1.33 bits per heavy atom. The van der Waals surface area contributed by atoms with Crippen molar-refractivity contribution in [2.75, 3.05) is 0 Å². The fraction of sp³-hybridized carbons (Fsp3) is 0.0476. The van der Waals surface area contributed by atoms with Crippen LogP contribution in [0.15, 0.2) is 79.9 Å². The van der Waals surface area contributed by atoms with Crippen molar-refractivity contribution < 1.29 is 0 Å². The number of allylic oxidation sites excluding steroid dienone is 3. The minimum Gasteiger partial charge on any atom is -0.0985 e. The molecule has 0 unspecified atom stereocenters. The van der Waals surface area contributed by atoms with E-state index in [1.54, 1.807) is 0 Å². The van der Waals surface area contributed by atoms with Gasteiger partial charge in [0, 0.05) is 0 Å². The normalized spacial score (nSPS) is 11.0. The molecule has 0 N–H and O–H groups in total. The van der Waals surface area contributed by atoms with Gasteiger partial charge in [0.2, 0.25) is 0 Å². The Morgan fingerprint density at radius 3 is 2.05 bits per heavy atom. The second kappa shape index (κ2) is 7.86. The maximum atomic E-state index is 3.85. The molecule has 2 rings (SSSR count). The summed E-state index contributed by atoms with van der Waals surface area (Å²) in [6.45, 7) is 7.68. The molecule has 0 radical (unpaired) electrons. The molecular formula is C21H20. The molecule has 0 aromatic heterocycles. The van der Waals surface area contributed by atoms with Crippen LogP contribution in [0.25, 0.3) is 18.2 Å². The van der Waals surface area contributed by atoms with Gasteiger partial charge in [-0.3, -0.25) is 0 Å². The van der Waals surface area contributed by atoms with E-state index in [2.05, 4.69) is 67.8 Å². The molecule has 2 aromatic rings. The molecule has 0 aliphatic heterocycles. The Bertz CT molecular complexity index is 672. The number of benzene rings is 2. The Labute approximate surface area is 127 Å². The van der Waals surface area contributed by atoms with Crippen molar-refractivity contribution in [3.63, 3.8) is 0 Å². The fourth-order valence-corrected chi connectivity index (χ4v) is 2.20. The molecule has 0 nitrogen and oxygen atoms in total. The maximum Gasteiger partial charge on any atom is -0.00884 e. The highest BCUT2D eigenvalue weighted by atomic mass is 14.0. The lowest BCUT2D eigenvalue weighted by atomic mass is 10.0. The highest BCUT2D eigenvalue weighted by molar-refractivity contribution is 5.64. The summed E-state index contributed by atoms with van der Waals surface area (Å²) < 4.78 is 0. The van der Waals surface area contributed by atoms with E-state index in [4.69, 9.17) is 0 Å². The monoisotopic (exact) mass is 272 g/mol. The van der Waals surface area contributed by atoms with Crippen molar-refractivity contribution in [1.29, 1.82) is 0 Å². The van der Waals surface area contributed by atoms with E-state index >= 15 is 0 Å². The first-order valence-corrected chi connectivity index (χ1v) is 7.10. The first kappa shape index (κ1) is 14.8. The maximum absolute atomic E-state index is 3.85. The number of hydrogen-bond acceptors (Lipinski definition) is 0. The summed E-state index contributed by atoms with van der Waals surface area (Å²) in [4.78, 5) is 0. The van der Waals surface area contributed by atoms with Crippen molar-refractivity contribution in [3.8, 4) is 0 Å². The summed E-state index contributed by atoms with van der Waals surface area (Å²) in [5.41, 5.74) is 4.83. The van der Waals surface area contributed by atoms with Gasteiger partial charge >= 0.3 is 0 Å². The summed E-state index contributed by atoms with van der Waals surface area (Å²) in [5.74, 6) is 0. The van der Waals surface area contributed by atoms with E-state index in [9.17, 15) is 0 Å². The molecule has 0 bridgehead atoms. The van der Waals surface area contributed by atoms with Gasteiger partial charge in [-0.1, -0.05) is 98.1 Å². The smallest absolute Gasteiger partial charge is 0.00884 e. The largest absolute Gasteiger partial charge is 0.0985 e. The minimum atomic E-state index is 0.912. The molecule has 0 amide bonds. The lowest BCUT2D eigenvalue weighted by molar-refractivity contribution is 1.26. The molecule has 0 aliphatic rings. The van der Waals surface area contributed by atoms with Crippen LogP contribution < -0.4 is 0 Å². The van der Waals surface area contributed by atoms with Crippen LogP contribution >= 0.6 is 0 Å². The van der Waals surface area contributed by atoms with Crippen molar-refractivity contribution in [2.24, 2.45) is 0 Å². The van der Waals surface area contributed by atoms with E-state index in [-0.39, 0.29) is 0 Å². The summed E-state index contributed by atoms with van der Waals surface area (Å²) in [5, 5.41) is 0. The average molecular weight is 272 g/mol. The molecule has 0 heterocycles. The lowest BCUT2D eigenvalue weighted by Gasteiger charge is -2.01. The Balaban J connectivity index is 2.01. The van der Waals surface area contributed by atoms with Crippen LogP contribution in [-0.2, 0) is 6.42 Å². The van der Waals surface area contributed by atoms with Gasteiger partial charge in [-0.25, -0.2) is 0 Å². The average Bonchev–Trinajstić information content (AvgIpc) is 2.55. The predicted octanol–water partition coefficient (Wildman–Crippen LogP) is 5.78. The summed E-state index contributed by atoms with van der Waals surface area (Å²) in [7, 11) is 0. The molecule has 0 saturated carbocycles. The lowest BCUT2D eigenvalue weighted by Crippen LogP contribution is -1.85. The predicted molar refractivity (Wildman–Crippen MR) is 94.9 cm³/mol. The van der Waals surface area contributed by atoms with Crippen LogP contribution in [0, 0.1) is 0 Å². The van der Waals surface area contributed by atoms with Crippen LogP contribution in [0.5, 0.6) is 0 Å². The van der Waals surface area contributed by atoms with E-state index in [0.29, 0.717) is 0 Å². The van der Waals surface area contributed by atoms with Gasteiger partial charge in [0.25, 0.3) is 0 Å². The zero-order chi connectivity index (χ0) is 14.9. The Hall–Kier alpha value is -2.60. The zero-order valence-corrected chi connectivity index (χ0v) is 12.2. The van der Waals surface area contributed by atoms with Crippen molar-refractivity contribution in [3.05, 3.63) is 102 Å². The van der Waals surface area contributed by atoms with Crippen molar-refractivity contribution in [2.45, 2.75) is 6.42 Å². The third kappa shape index (κ3) is 4.19. The van der Waals surface area contributed by atoms with Gasteiger partial charge in [-0.2, -0.15) is 0 Å². The molecule has 0 atom stereocenters. The summed E-state index contributed by atoms with van der Waals surface area (Å²) in [6.07, 6.45) is 13.1. The first-order valence-electron chi connectivity index (χ1n) is 7.10. The van der Waals surface area contributed by atoms with Crippen LogP contribution in [0.2, 0.25) is 0 Å². The molecule has 2 aromatic carbocycles. The van der Waals surface area contributed by atoms with Gasteiger partial charge in [-0.05, 0) is 28.7 Å². The van der Waals surface area contributed by atoms with Crippen LogP contribution in [-0.4, -0.2) is 0 Å². The molecule has 0 fully saturated rings. The molecule has 0 aliphatic carbocycles. The Morgan fingerprint density at radius 1 is 0.714 bits per heavy atom. The molecule has 21 heavy (non-hydrogen) atoms. The van der Waals surface area contributed by atoms with Crippen molar-refractivity contribution >= 4 is 18.2 Å². The Kier molecular flexibility index (Phi) is 5.54. The van der Waals surface area contributed by atoms with Crippen molar-refractivity contribution in [1.82, 2.24) is 0 Å². The SMILES string of the molecule is C=Cc1ccccc1/C=C/C=C/Cc1ccccc1C=C. The molecule has 104 valence electrons. The second-order valence-corrected chi connectivity index (χ2v) is 4.73. The summed E-state index contributed by atoms with van der Waals surface area (Å²) in [6, 6.07) is 16.5. The van der Waals surface area contributed by atoms with Crippen LogP contribution in [0.4, 0.5) is 0 Å². The standard InChI is InChI=1S/C21H20/c1-3-18-12-8-10-16-20(18)14-6-5-7-15-21-17-11-9-13-19(21)4-2/h3-14,16-17H,1-2,15H2/b7-5+,14-6+. The van der Waals surface area contributed by atoms with Gasteiger partial charge in [0.1, 0.15) is 0 Å². The fourth-order valence-electron chi connectivity index (χ4n) is 2.20. The quantitative estimate of drug-likeness (QED) is 0.584.